The predicted octanol–water partition coefficient (Wildman–Crippen LogP) is 0.781. The van der Waals surface area contributed by atoms with E-state index in [1.807, 2.05) is 0 Å². The average Bonchev–Trinajstić information content (AvgIpc) is 2.94. The van der Waals surface area contributed by atoms with E-state index in [0.717, 1.165) is 19.1 Å². The van der Waals surface area contributed by atoms with Gasteiger partial charge in [-0.05, 0) is 33.7 Å². The van der Waals surface area contributed by atoms with Crippen molar-refractivity contribution in [1.82, 2.24) is 10.2 Å². The standard InChI is InChI=1S/C11H22N2O2/c1-11(2,10(14)15)8-12-6-7-13(3)9-4-5-9/h9,12H,4-8H2,1-3H3,(H,14,15). The molecule has 0 bridgehead atoms. The first-order valence-corrected chi connectivity index (χ1v) is 5.58. The Labute approximate surface area is 91.6 Å². The van der Waals surface area contributed by atoms with Gasteiger partial charge in [0, 0.05) is 25.7 Å². The summed E-state index contributed by atoms with van der Waals surface area (Å²) in [6, 6.07) is 0.777. The molecular weight excluding hydrogens is 192 g/mol. The van der Waals surface area contributed by atoms with E-state index in [9.17, 15) is 4.79 Å². The molecule has 0 unspecified atom stereocenters. The Morgan fingerprint density at radius 1 is 1.53 bits per heavy atom. The van der Waals surface area contributed by atoms with Crippen LogP contribution in [-0.2, 0) is 4.79 Å². The van der Waals surface area contributed by atoms with Crippen molar-refractivity contribution in [2.45, 2.75) is 32.7 Å². The molecule has 0 saturated heterocycles. The minimum absolute atomic E-state index is 0.529. The molecule has 0 heterocycles. The van der Waals surface area contributed by atoms with Gasteiger partial charge < -0.3 is 15.3 Å². The van der Waals surface area contributed by atoms with Crippen LogP contribution in [0.15, 0.2) is 0 Å². The average molecular weight is 214 g/mol. The van der Waals surface area contributed by atoms with Crippen molar-refractivity contribution < 1.29 is 9.90 Å². The molecule has 1 fully saturated rings. The van der Waals surface area contributed by atoms with Gasteiger partial charge in [0.2, 0.25) is 0 Å². The van der Waals surface area contributed by atoms with Crippen LogP contribution in [0.4, 0.5) is 0 Å². The summed E-state index contributed by atoms with van der Waals surface area (Å²) in [7, 11) is 2.13. The number of nitrogens with one attached hydrogen (secondary N) is 1. The summed E-state index contributed by atoms with van der Waals surface area (Å²) in [5.74, 6) is -0.745. The summed E-state index contributed by atoms with van der Waals surface area (Å²) in [5, 5.41) is 12.1. The van der Waals surface area contributed by atoms with Gasteiger partial charge in [-0.3, -0.25) is 4.79 Å². The zero-order valence-electron chi connectivity index (χ0n) is 9.92. The van der Waals surface area contributed by atoms with Crippen LogP contribution in [0.3, 0.4) is 0 Å². The van der Waals surface area contributed by atoms with Gasteiger partial charge >= 0.3 is 5.97 Å². The molecule has 0 amide bonds. The highest BCUT2D eigenvalue weighted by molar-refractivity contribution is 5.73. The minimum atomic E-state index is -0.745. The van der Waals surface area contributed by atoms with Crippen LogP contribution < -0.4 is 5.32 Å². The third-order valence-electron chi connectivity index (χ3n) is 2.96. The summed E-state index contributed by atoms with van der Waals surface area (Å²) >= 11 is 0. The Morgan fingerprint density at radius 3 is 2.60 bits per heavy atom. The molecule has 0 aliphatic heterocycles. The highest BCUT2D eigenvalue weighted by Crippen LogP contribution is 2.24. The van der Waals surface area contributed by atoms with Crippen molar-refractivity contribution in [3.63, 3.8) is 0 Å². The molecule has 0 atom stereocenters. The van der Waals surface area contributed by atoms with Gasteiger partial charge in [0.15, 0.2) is 0 Å². The summed E-state index contributed by atoms with van der Waals surface area (Å²) in [5.41, 5.74) is -0.668. The quantitative estimate of drug-likeness (QED) is 0.615. The second-order valence-corrected chi connectivity index (χ2v) is 5.08. The molecule has 0 aromatic rings. The number of carboxylic acid groups (broad SMARTS) is 1. The van der Waals surface area contributed by atoms with E-state index in [1.54, 1.807) is 13.8 Å². The first-order chi connectivity index (χ1) is 6.93. The first-order valence-electron chi connectivity index (χ1n) is 5.58. The molecule has 2 N–H and O–H groups in total. The molecule has 0 spiro atoms. The van der Waals surface area contributed by atoms with Crippen LogP contribution in [0, 0.1) is 5.41 Å². The van der Waals surface area contributed by atoms with Gasteiger partial charge in [-0.15, -0.1) is 0 Å². The fraction of sp³-hybridized carbons (Fsp3) is 0.909. The lowest BCUT2D eigenvalue weighted by Crippen LogP contribution is -2.39. The Bertz CT molecular complexity index is 225. The molecule has 4 nitrogen and oxygen atoms in total. The number of rotatable bonds is 7. The van der Waals surface area contributed by atoms with Gasteiger partial charge in [-0.2, -0.15) is 0 Å². The normalized spacial score (nSPS) is 17.1. The van der Waals surface area contributed by atoms with Crippen LogP contribution in [0.5, 0.6) is 0 Å². The number of nitrogens with zero attached hydrogens (tertiary/aromatic N) is 1. The zero-order valence-corrected chi connectivity index (χ0v) is 9.92. The second kappa shape index (κ2) is 4.94. The van der Waals surface area contributed by atoms with Crippen molar-refractivity contribution >= 4 is 5.97 Å². The van der Waals surface area contributed by atoms with E-state index in [1.165, 1.54) is 12.8 Å². The Kier molecular flexibility index (Phi) is 4.11. The summed E-state index contributed by atoms with van der Waals surface area (Å²) in [6.45, 7) is 5.88. The highest BCUT2D eigenvalue weighted by atomic mass is 16.4. The van der Waals surface area contributed by atoms with Crippen molar-refractivity contribution in [2.24, 2.45) is 5.41 Å². The second-order valence-electron chi connectivity index (χ2n) is 5.08. The zero-order chi connectivity index (χ0) is 11.5. The molecule has 0 aromatic heterocycles. The first kappa shape index (κ1) is 12.5. The SMILES string of the molecule is CN(CCNCC(C)(C)C(=O)O)C1CC1. The number of carbonyl (C=O) groups is 1. The summed E-state index contributed by atoms with van der Waals surface area (Å²) in [4.78, 5) is 13.2. The van der Waals surface area contributed by atoms with E-state index < -0.39 is 11.4 Å². The van der Waals surface area contributed by atoms with E-state index in [4.69, 9.17) is 5.11 Å². The Hall–Kier alpha value is -0.610. The van der Waals surface area contributed by atoms with Gasteiger partial charge in [0.05, 0.1) is 5.41 Å². The maximum absolute atomic E-state index is 10.8. The molecule has 0 radical (unpaired) electrons. The van der Waals surface area contributed by atoms with E-state index in [-0.39, 0.29) is 0 Å². The number of aliphatic carboxylic acids is 1. The smallest absolute Gasteiger partial charge is 0.310 e. The molecule has 1 aliphatic carbocycles. The largest absolute Gasteiger partial charge is 0.481 e. The van der Waals surface area contributed by atoms with Crippen molar-refractivity contribution in [2.75, 3.05) is 26.7 Å². The van der Waals surface area contributed by atoms with Crippen molar-refractivity contribution in [1.29, 1.82) is 0 Å². The monoisotopic (exact) mass is 214 g/mol. The fourth-order valence-corrected chi connectivity index (χ4v) is 1.43. The highest BCUT2D eigenvalue weighted by Gasteiger charge is 2.27. The lowest BCUT2D eigenvalue weighted by molar-refractivity contribution is -0.146. The van der Waals surface area contributed by atoms with Crippen LogP contribution in [0.2, 0.25) is 0 Å². The maximum Gasteiger partial charge on any atom is 0.310 e. The van der Waals surface area contributed by atoms with Crippen LogP contribution in [0.1, 0.15) is 26.7 Å². The predicted molar refractivity (Wildman–Crippen MR) is 59.9 cm³/mol. The third-order valence-corrected chi connectivity index (χ3v) is 2.96. The van der Waals surface area contributed by atoms with Crippen LogP contribution >= 0.6 is 0 Å². The fourth-order valence-electron chi connectivity index (χ4n) is 1.43. The van der Waals surface area contributed by atoms with Gasteiger partial charge in [-0.1, -0.05) is 0 Å². The van der Waals surface area contributed by atoms with E-state index in [0.29, 0.717) is 6.54 Å². The number of hydrogen-bond donors (Lipinski definition) is 2. The number of carboxylic acids is 1. The van der Waals surface area contributed by atoms with Crippen LogP contribution in [-0.4, -0.2) is 48.7 Å². The minimum Gasteiger partial charge on any atom is -0.481 e. The summed E-state index contributed by atoms with van der Waals surface area (Å²) in [6.07, 6.45) is 2.63. The topological polar surface area (TPSA) is 52.6 Å². The number of hydrogen-bond acceptors (Lipinski definition) is 3. The Balaban J connectivity index is 2.07. The van der Waals surface area contributed by atoms with E-state index >= 15 is 0 Å². The number of likely N-dealkylation sites (N-methyl/N-ethyl adjacent to an activating group) is 1. The molecule has 4 heteroatoms. The van der Waals surface area contributed by atoms with E-state index in [2.05, 4.69) is 17.3 Å². The third kappa shape index (κ3) is 4.18. The summed E-state index contributed by atoms with van der Waals surface area (Å²) < 4.78 is 0. The molecule has 1 rings (SSSR count). The molecule has 1 aliphatic rings. The van der Waals surface area contributed by atoms with Gasteiger partial charge in [-0.25, -0.2) is 0 Å². The lowest BCUT2D eigenvalue weighted by atomic mass is 9.94. The lowest BCUT2D eigenvalue weighted by Gasteiger charge is -2.21. The van der Waals surface area contributed by atoms with Crippen molar-refractivity contribution in [3.05, 3.63) is 0 Å². The molecule has 0 aromatic carbocycles. The van der Waals surface area contributed by atoms with Gasteiger partial charge in [0.25, 0.3) is 0 Å². The molecule has 15 heavy (non-hydrogen) atoms. The Morgan fingerprint density at radius 2 is 2.13 bits per heavy atom. The van der Waals surface area contributed by atoms with Gasteiger partial charge in [0.1, 0.15) is 0 Å². The van der Waals surface area contributed by atoms with Crippen LogP contribution in [0.25, 0.3) is 0 Å². The van der Waals surface area contributed by atoms with Crippen molar-refractivity contribution in [3.8, 4) is 0 Å². The molecular formula is C11H22N2O2. The maximum atomic E-state index is 10.8. The molecule has 1 saturated carbocycles. The molecule has 88 valence electrons.